The van der Waals surface area contributed by atoms with Gasteiger partial charge in [0.2, 0.25) is 0 Å². The molecule has 0 N–H and O–H groups in total. The van der Waals surface area contributed by atoms with Crippen LogP contribution in [0, 0.1) is 25.2 Å². The van der Waals surface area contributed by atoms with Crippen molar-refractivity contribution in [3.8, 4) is 6.07 Å². The van der Waals surface area contributed by atoms with E-state index >= 15 is 0 Å². The molecule has 3 heterocycles. The van der Waals surface area contributed by atoms with E-state index < -0.39 is 0 Å². The van der Waals surface area contributed by atoms with E-state index in [0.29, 0.717) is 6.04 Å². The van der Waals surface area contributed by atoms with Gasteiger partial charge in [-0.3, -0.25) is 4.90 Å². The lowest BCUT2D eigenvalue weighted by molar-refractivity contribution is 0.133. The molecule has 1 atom stereocenters. The molecule has 1 aromatic rings. The monoisotopic (exact) mass is 270 g/mol. The molecule has 0 bridgehead atoms. The number of hydrogen-bond acceptors (Lipinski definition) is 4. The summed E-state index contributed by atoms with van der Waals surface area (Å²) in [5, 5.41) is 9.43. The number of fused-ring (bicyclic) bond motifs is 1. The number of piperidine rings is 1. The fourth-order valence-corrected chi connectivity index (χ4v) is 3.53. The second-order valence-corrected chi connectivity index (χ2v) is 6.02. The minimum absolute atomic E-state index is 0.645. The van der Waals surface area contributed by atoms with Gasteiger partial charge in [0.05, 0.1) is 5.56 Å². The number of pyridine rings is 1. The molecule has 0 amide bonds. The van der Waals surface area contributed by atoms with Crippen LogP contribution < -0.4 is 4.90 Å². The normalized spacial score (nSPS) is 23.2. The van der Waals surface area contributed by atoms with E-state index in [9.17, 15) is 5.26 Å². The molecule has 3 rings (SSSR count). The lowest BCUT2D eigenvalue weighted by atomic mass is 9.99. The van der Waals surface area contributed by atoms with Crippen molar-refractivity contribution in [1.29, 1.82) is 5.26 Å². The Labute approximate surface area is 121 Å². The van der Waals surface area contributed by atoms with Gasteiger partial charge in [-0.1, -0.05) is 6.42 Å². The first-order valence-corrected chi connectivity index (χ1v) is 7.56. The van der Waals surface area contributed by atoms with E-state index in [4.69, 9.17) is 0 Å². The van der Waals surface area contributed by atoms with Crippen LogP contribution in [-0.2, 0) is 0 Å². The Morgan fingerprint density at radius 2 is 2.10 bits per heavy atom. The Balaban J connectivity index is 1.88. The molecule has 0 spiro atoms. The summed E-state index contributed by atoms with van der Waals surface area (Å²) in [6.45, 7) is 8.36. The van der Waals surface area contributed by atoms with Crippen LogP contribution in [0.25, 0.3) is 0 Å². The summed E-state index contributed by atoms with van der Waals surface area (Å²) in [7, 11) is 0. The highest BCUT2D eigenvalue weighted by Crippen LogP contribution is 2.27. The van der Waals surface area contributed by atoms with Crippen LogP contribution in [-0.4, -0.2) is 42.1 Å². The molecule has 2 aliphatic rings. The second kappa shape index (κ2) is 5.41. The van der Waals surface area contributed by atoms with E-state index in [0.717, 1.165) is 42.3 Å². The maximum absolute atomic E-state index is 9.43. The van der Waals surface area contributed by atoms with E-state index in [1.165, 1.54) is 25.8 Å². The van der Waals surface area contributed by atoms with Gasteiger partial charge in [-0.2, -0.15) is 5.26 Å². The van der Waals surface area contributed by atoms with Crippen molar-refractivity contribution >= 4 is 5.82 Å². The predicted octanol–water partition coefficient (Wildman–Crippen LogP) is 2.24. The fraction of sp³-hybridized carbons (Fsp3) is 0.625. The molecule has 0 radical (unpaired) electrons. The number of nitriles is 1. The average Bonchev–Trinajstić information content (AvgIpc) is 2.46. The number of nitrogens with zero attached hydrogens (tertiary/aromatic N) is 4. The van der Waals surface area contributed by atoms with Crippen LogP contribution >= 0.6 is 0 Å². The van der Waals surface area contributed by atoms with Gasteiger partial charge in [0, 0.05) is 31.4 Å². The summed E-state index contributed by atoms with van der Waals surface area (Å²) >= 11 is 0. The molecule has 2 saturated heterocycles. The van der Waals surface area contributed by atoms with Crippen LogP contribution in [0.3, 0.4) is 0 Å². The van der Waals surface area contributed by atoms with Crippen molar-refractivity contribution in [1.82, 2.24) is 9.88 Å². The van der Waals surface area contributed by atoms with Crippen LogP contribution in [0.5, 0.6) is 0 Å². The first-order valence-electron chi connectivity index (χ1n) is 7.56. The Kier molecular flexibility index (Phi) is 3.62. The fourth-order valence-electron chi connectivity index (χ4n) is 3.53. The molecular weight excluding hydrogens is 248 g/mol. The van der Waals surface area contributed by atoms with Crippen molar-refractivity contribution in [3.05, 3.63) is 22.9 Å². The third-order valence-corrected chi connectivity index (χ3v) is 4.57. The molecule has 2 aliphatic heterocycles. The molecule has 0 unspecified atom stereocenters. The summed E-state index contributed by atoms with van der Waals surface area (Å²) in [5.74, 6) is 0.898. The molecule has 4 heteroatoms. The highest BCUT2D eigenvalue weighted by Gasteiger charge is 2.30. The predicted molar refractivity (Wildman–Crippen MR) is 79.9 cm³/mol. The van der Waals surface area contributed by atoms with Gasteiger partial charge in [0.25, 0.3) is 0 Å². The van der Waals surface area contributed by atoms with Gasteiger partial charge in [-0.15, -0.1) is 0 Å². The van der Waals surface area contributed by atoms with Gasteiger partial charge in [0.1, 0.15) is 11.9 Å². The zero-order chi connectivity index (χ0) is 14.1. The Morgan fingerprint density at radius 1 is 1.25 bits per heavy atom. The molecule has 20 heavy (non-hydrogen) atoms. The third kappa shape index (κ3) is 2.38. The summed E-state index contributed by atoms with van der Waals surface area (Å²) < 4.78 is 0. The maximum atomic E-state index is 9.43. The number of anilines is 1. The minimum Gasteiger partial charge on any atom is -0.353 e. The van der Waals surface area contributed by atoms with Crippen LogP contribution in [0.1, 0.15) is 36.1 Å². The number of rotatable bonds is 1. The van der Waals surface area contributed by atoms with Crippen LogP contribution in [0.15, 0.2) is 6.07 Å². The summed E-state index contributed by atoms with van der Waals surface area (Å²) in [4.78, 5) is 9.58. The third-order valence-electron chi connectivity index (χ3n) is 4.57. The molecule has 1 aromatic heterocycles. The Bertz CT molecular complexity index is 546. The summed E-state index contributed by atoms with van der Waals surface area (Å²) in [5.41, 5.74) is 2.79. The maximum Gasteiger partial charge on any atom is 0.147 e. The number of aromatic nitrogens is 1. The largest absolute Gasteiger partial charge is 0.353 e. The number of hydrogen-bond donors (Lipinski definition) is 0. The zero-order valence-electron chi connectivity index (χ0n) is 12.4. The SMILES string of the molecule is Cc1cc(C)c(C#N)c(N2CCN3CCCC[C@H]3C2)n1. The molecule has 0 aliphatic carbocycles. The van der Waals surface area contributed by atoms with Gasteiger partial charge in [0.15, 0.2) is 0 Å². The molecule has 106 valence electrons. The van der Waals surface area contributed by atoms with Crippen molar-refractivity contribution in [3.63, 3.8) is 0 Å². The zero-order valence-corrected chi connectivity index (χ0v) is 12.4. The van der Waals surface area contributed by atoms with E-state index in [-0.39, 0.29) is 0 Å². The first kappa shape index (κ1) is 13.4. The molecule has 0 saturated carbocycles. The van der Waals surface area contributed by atoms with Gasteiger partial charge in [-0.25, -0.2) is 4.98 Å². The van der Waals surface area contributed by atoms with Crippen molar-refractivity contribution < 1.29 is 0 Å². The Hall–Kier alpha value is -1.60. The first-order chi connectivity index (χ1) is 9.69. The van der Waals surface area contributed by atoms with E-state index in [1.807, 2.05) is 19.9 Å². The highest BCUT2D eigenvalue weighted by molar-refractivity contribution is 5.58. The van der Waals surface area contributed by atoms with Crippen LogP contribution in [0.2, 0.25) is 0 Å². The minimum atomic E-state index is 0.645. The molecule has 2 fully saturated rings. The molecular formula is C16H22N4. The smallest absolute Gasteiger partial charge is 0.147 e. The van der Waals surface area contributed by atoms with Crippen molar-refractivity contribution in [2.24, 2.45) is 0 Å². The highest BCUT2D eigenvalue weighted by atomic mass is 15.3. The number of aryl methyl sites for hydroxylation is 2. The van der Waals surface area contributed by atoms with Gasteiger partial charge in [-0.05, 0) is 44.9 Å². The lowest BCUT2D eigenvalue weighted by Crippen LogP contribution is -2.55. The van der Waals surface area contributed by atoms with Crippen molar-refractivity contribution in [2.45, 2.75) is 39.2 Å². The quantitative estimate of drug-likeness (QED) is 0.785. The summed E-state index contributed by atoms with van der Waals surface area (Å²) in [6, 6.07) is 4.99. The lowest BCUT2D eigenvalue weighted by Gasteiger charge is -2.44. The van der Waals surface area contributed by atoms with Crippen molar-refractivity contribution in [2.75, 3.05) is 31.1 Å². The summed E-state index contributed by atoms with van der Waals surface area (Å²) in [6.07, 6.45) is 3.95. The topological polar surface area (TPSA) is 43.2 Å². The van der Waals surface area contributed by atoms with E-state index in [2.05, 4.69) is 20.9 Å². The van der Waals surface area contributed by atoms with E-state index in [1.54, 1.807) is 0 Å². The standard InChI is InChI=1S/C16H22N4/c1-12-9-13(2)18-16(15(12)10-17)20-8-7-19-6-4-3-5-14(19)11-20/h9,14H,3-8,11H2,1-2H3/t14-/m0/s1. The van der Waals surface area contributed by atoms with Gasteiger partial charge >= 0.3 is 0 Å². The Morgan fingerprint density at radius 3 is 2.90 bits per heavy atom. The van der Waals surface area contributed by atoms with Crippen LogP contribution in [0.4, 0.5) is 5.82 Å². The molecule has 4 nitrogen and oxygen atoms in total. The second-order valence-electron chi connectivity index (χ2n) is 6.02. The molecule has 0 aromatic carbocycles. The number of piperazine rings is 1. The average molecular weight is 270 g/mol. The van der Waals surface area contributed by atoms with Gasteiger partial charge < -0.3 is 4.90 Å².